The number of furan rings is 1. The minimum atomic E-state index is 0.495. The van der Waals surface area contributed by atoms with E-state index in [0.29, 0.717) is 18.5 Å². The fourth-order valence-corrected chi connectivity index (χ4v) is 4.68. The molecule has 2 aromatic rings. The minimum Gasteiger partial charge on any atom is -0.467 e. The van der Waals surface area contributed by atoms with Crippen molar-refractivity contribution in [3.8, 4) is 0 Å². The minimum absolute atomic E-state index is 0.495. The molecule has 2 aromatic heterocycles. The molecule has 0 aromatic carbocycles. The van der Waals surface area contributed by atoms with Crippen LogP contribution in [0.25, 0.3) is 0 Å². The lowest BCUT2D eigenvalue weighted by molar-refractivity contribution is 0.124. The largest absolute Gasteiger partial charge is 0.467 e. The van der Waals surface area contributed by atoms with Crippen LogP contribution in [0.1, 0.15) is 29.5 Å². The summed E-state index contributed by atoms with van der Waals surface area (Å²) in [6.45, 7) is 2.82. The van der Waals surface area contributed by atoms with Gasteiger partial charge in [0.25, 0.3) is 0 Å². The van der Waals surface area contributed by atoms with Crippen LogP contribution in [-0.2, 0) is 6.54 Å². The Kier molecular flexibility index (Phi) is 6.15. The molecule has 1 fully saturated rings. The summed E-state index contributed by atoms with van der Waals surface area (Å²) >= 11 is 1.86. The van der Waals surface area contributed by atoms with Crippen LogP contribution in [0.3, 0.4) is 0 Å². The first-order chi connectivity index (χ1) is 12.2. The van der Waals surface area contributed by atoms with Gasteiger partial charge in [-0.2, -0.15) is 0 Å². The molecule has 1 aliphatic heterocycles. The molecule has 0 bridgehead atoms. The summed E-state index contributed by atoms with van der Waals surface area (Å²) in [5.74, 6) is 2.44. The normalized spacial score (nSPS) is 22.1. The van der Waals surface area contributed by atoms with Crippen LogP contribution in [0.2, 0.25) is 0 Å². The number of rotatable bonds is 5. The fraction of sp³-hybridized carbons (Fsp3) is 0.526. The number of nitrogens with one attached hydrogen (secondary N) is 1. The monoisotopic (exact) mass is 360 g/mol. The molecule has 1 aliphatic rings. The molecule has 6 heteroatoms. The summed E-state index contributed by atoms with van der Waals surface area (Å²) in [4.78, 5) is 10.5. The van der Waals surface area contributed by atoms with Gasteiger partial charge >= 0.3 is 0 Å². The van der Waals surface area contributed by atoms with Crippen molar-refractivity contribution in [3.63, 3.8) is 0 Å². The standard InChI is InChI=1S/C19H28N4OS/c1-20-19(23(3)14-16-8-5-11-24-16)21-13-15-7-4-10-22(2)18(15)17-9-6-12-25-17/h5-6,8-9,11-12,15,18H,4,7,10,13-14H2,1-3H3,(H,20,21). The molecule has 2 unspecified atom stereocenters. The zero-order chi connectivity index (χ0) is 17.6. The SMILES string of the molecule is CN=C(NCC1CCCN(C)C1c1cccs1)N(C)Cc1ccco1. The van der Waals surface area contributed by atoms with Gasteiger partial charge in [0, 0.05) is 31.6 Å². The lowest BCUT2D eigenvalue weighted by atomic mass is 9.88. The second-order valence-electron chi connectivity index (χ2n) is 6.71. The molecule has 0 amide bonds. The number of aliphatic imine (C=N–C) groups is 1. The van der Waals surface area contributed by atoms with Crippen molar-refractivity contribution in [1.29, 1.82) is 0 Å². The maximum atomic E-state index is 5.44. The molecule has 1 saturated heterocycles. The van der Waals surface area contributed by atoms with Crippen LogP contribution in [0.5, 0.6) is 0 Å². The van der Waals surface area contributed by atoms with E-state index in [1.165, 1.54) is 24.3 Å². The maximum absolute atomic E-state index is 5.44. The molecule has 5 nitrogen and oxygen atoms in total. The number of piperidine rings is 1. The Morgan fingerprint density at radius 1 is 1.44 bits per heavy atom. The van der Waals surface area contributed by atoms with Gasteiger partial charge < -0.3 is 14.6 Å². The molecule has 0 aliphatic carbocycles. The third-order valence-corrected chi connectivity index (χ3v) is 5.85. The second kappa shape index (κ2) is 8.54. The lowest BCUT2D eigenvalue weighted by Gasteiger charge is -2.39. The summed E-state index contributed by atoms with van der Waals surface area (Å²) < 4.78 is 5.44. The van der Waals surface area contributed by atoms with Crippen molar-refractivity contribution in [1.82, 2.24) is 15.1 Å². The van der Waals surface area contributed by atoms with E-state index in [1.54, 1.807) is 6.26 Å². The number of likely N-dealkylation sites (tertiary alicyclic amines) is 1. The van der Waals surface area contributed by atoms with Gasteiger partial charge in [0.1, 0.15) is 5.76 Å². The van der Waals surface area contributed by atoms with Gasteiger partial charge in [0.05, 0.1) is 12.8 Å². The number of thiophene rings is 1. The van der Waals surface area contributed by atoms with Crippen molar-refractivity contribution in [2.24, 2.45) is 10.9 Å². The van der Waals surface area contributed by atoms with Crippen molar-refractivity contribution in [3.05, 3.63) is 46.5 Å². The van der Waals surface area contributed by atoms with Gasteiger partial charge in [-0.05, 0) is 55.9 Å². The Hall–Kier alpha value is -1.79. The van der Waals surface area contributed by atoms with E-state index >= 15 is 0 Å². The quantitative estimate of drug-likeness (QED) is 0.655. The Bertz CT molecular complexity index is 653. The van der Waals surface area contributed by atoms with Crippen LogP contribution in [0, 0.1) is 5.92 Å². The molecule has 25 heavy (non-hydrogen) atoms. The van der Waals surface area contributed by atoms with E-state index in [9.17, 15) is 0 Å². The smallest absolute Gasteiger partial charge is 0.193 e. The van der Waals surface area contributed by atoms with Gasteiger partial charge in [0.2, 0.25) is 0 Å². The molecule has 0 spiro atoms. The summed E-state index contributed by atoms with van der Waals surface area (Å²) in [6, 6.07) is 8.83. The molecule has 3 rings (SSSR count). The summed E-state index contributed by atoms with van der Waals surface area (Å²) in [5, 5.41) is 5.75. The van der Waals surface area contributed by atoms with Crippen molar-refractivity contribution in [2.75, 3.05) is 34.2 Å². The predicted molar refractivity (Wildman–Crippen MR) is 104 cm³/mol. The predicted octanol–water partition coefficient (Wildman–Crippen LogP) is 3.43. The third kappa shape index (κ3) is 4.44. The first-order valence-corrected chi connectivity index (χ1v) is 9.75. The zero-order valence-corrected chi connectivity index (χ0v) is 16.1. The van der Waals surface area contributed by atoms with E-state index in [-0.39, 0.29) is 0 Å². The molecule has 0 radical (unpaired) electrons. The van der Waals surface area contributed by atoms with Crippen molar-refractivity contribution in [2.45, 2.75) is 25.4 Å². The summed E-state index contributed by atoms with van der Waals surface area (Å²) in [7, 11) is 6.13. The first kappa shape index (κ1) is 18.0. The highest BCUT2D eigenvalue weighted by atomic mass is 32.1. The first-order valence-electron chi connectivity index (χ1n) is 8.87. The van der Waals surface area contributed by atoms with E-state index in [1.807, 2.05) is 37.6 Å². The average molecular weight is 361 g/mol. The highest BCUT2D eigenvalue weighted by molar-refractivity contribution is 7.10. The van der Waals surface area contributed by atoms with Crippen LogP contribution in [0.15, 0.2) is 45.3 Å². The molecular formula is C19H28N4OS. The molecule has 3 heterocycles. The Balaban J connectivity index is 1.61. The molecular weight excluding hydrogens is 332 g/mol. The van der Waals surface area contributed by atoms with Crippen LogP contribution >= 0.6 is 11.3 Å². The van der Waals surface area contributed by atoms with E-state index in [2.05, 4.69) is 44.7 Å². The number of hydrogen-bond donors (Lipinski definition) is 1. The summed E-state index contributed by atoms with van der Waals surface area (Å²) in [6.07, 6.45) is 4.22. The van der Waals surface area contributed by atoms with E-state index in [0.717, 1.165) is 18.3 Å². The number of nitrogens with zero attached hydrogens (tertiary/aromatic N) is 3. The van der Waals surface area contributed by atoms with Gasteiger partial charge in [-0.3, -0.25) is 9.89 Å². The molecule has 1 N–H and O–H groups in total. The average Bonchev–Trinajstić information content (AvgIpc) is 3.29. The van der Waals surface area contributed by atoms with E-state index in [4.69, 9.17) is 4.42 Å². The van der Waals surface area contributed by atoms with Crippen LogP contribution in [0.4, 0.5) is 0 Å². The molecule has 2 atom stereocenters. The lowest BCUT2D eigenvalue weighted by Crippen LogP contribution is -2.45. The Morgan fingerprint density at radius 2 is 2.32 bits per heavy atom. The van der Waals surface area contributed by atoms with Gasteiger partial charge in [-0.1, -0.05) is 6.07 Å². The van der Waals surface area contributed by atoms with Crippen molar-refractivity contribution >= 4 is 17.3 Å². The second-order valence-corrected chi connectivity index (χ2v) is 7.69. The van der Waals surface area contributed by atoms with Crippen molar-refractivity contribution < 1.29 is 4.42 Å². The van der Waals surface area contributed by atoms with Gasteiger partial charge in [0.15, 0.2) is 5.96 Å². The number of guanidine groups is 1. The molecule has 136 valence electrons. The summed E-state index contributed by atoms with van der Waals surface area (Å²) in [5.41, 5.74) is 0. The van der Waals surface area contributed by atoms with Gasteiger partial charge in [-0.15, -0.1) is 11.3 Å². The fourth-order valence-electron chi connectivity index (χ4n) is 3.70. The topological polar surface area (TPSA) is 44.0 Å². The highest BCUT2D eigenvalue weighted by Gasteiger charge is 2.31. The Morgan fingerprint density at radius 3 is 3.00 bits per heavy atom. The third-order valence-electron chi connectivity index (χ3n) is 4.91. The Labute approximate surface area is 154 Å². The van der Waals surface area contributed by atoms with Crippen LogP contribution in [-0.4, -0.2) is 50.0 Å². The van der Waals surface area contributed by atoms with Gasteiger partial charge in [-0.25, -0.2) is 0 Å². The molecule has 0 saturated carbocycles. The number of hydrogen-bond acceptors (Lipinski definition) is 4. The highest BCUT2D eigenvalue weighted by Crippen LogP contribution is 2.36. The zero-order valence-electron chi connectivity index (χ0n) is 15.3. The van der Waals surface area contributed by atoms with E-state index < -0.39 is 0 Å². The maximum Gasteiger partial charge on any atom is 0.193 e. The van der Waals surface area contributed by atoms with Crippen LogP contribution < -0.4 is 5.32 Å².